The summed E-state index contributed by atoms with van der Waals surface area (Å²) in [6.45, 7) is 5.62. The lowest BCUT2D eigenvalue weighted by Gasteiger charge is -2.35. The van der Waals surface area contributed by atoms with Crippen LogP contribution in [-0.2, 0) is 13.1 Å². The molecule has 0 aliphatic carbocycles. The van der Waals surface area contributed by atoms with Crippen LogP contribution in [0.4, 0.5) is 0 Å². The van der Waals surface area contributed by atoms with E-state index in [9.17, 15) is 0 Å². The zero-order valence-electron chi connectivity index (χ0n) is 14.3. The largest absolute Gasteiger partial charge is 0.497 e. The van der Waals surface area contributed by atoms with Crippen molar-refractivity contribution >= 4 is 0 Å². The molecule has 2 atom stereocenters. The van der Waals surface area contributed by atoms with Gasteiger partial charge >= 0.3 is 0 Å². The Morgan fingerprint density at radius 3 is 2.75 bits per heavy atom. The normalized spacial score (nSPS) is 24.9. The summed E-state index contributed by atoms with van der Waals surface area (Å²) in [7, 11) is 1.72. The van der Waals surface area contributed by atoms with Gasteiger partial charge in [-0.05, 0) is 36.5 Å². The molecule has 128 valence electrons. The molecule has 5 nitrogen and oxygen atoms in total. The van der Waals surface area contributed by atoms with E-state index in [0.717, 1.165) is 31.3 Å². The summed E-state index contributed by atoms with van der Waals surface area (Å²) in [5.41, 5.74) is 2.60. The van der Waals surface area contributed by atoms with Crippen LogP contribution in [0.15, 0.2) is 36.8 Å². The number of imidazole rings is 1. The van der Waals surface area contributed by atoms with Crippen molar-refractivity contribution in [2.24, 2.45) is 5.92 Å². The van der Waals surface area contributed by atoms with Gasteiger partial charge in [-0.25, -0.2) is 4.98 Å². The van der Waals surface area contributed by atoms with Crippen molar-refractivity contribution < 1.29 is 4.74 Å². The van der Waals surface area contributed by atoms with E-state index in [-0.39, 0.29) is 0 Å². The minimum atomic E-state index is 0.658. The maximum absolute atomic E-state index is 5.26. The highest BCUT2D eigenvalue weighted by molar-refractivity contribution is 5.27. The van der Waals surface area contributed by atoms with E-state index in [0.29, 0.717) is 6.04 Å². The first-order chi connectivity index (χ1) is 11.8. The first kappa shape index (κ1) is 15.7. The lowest BCUT2D eigenvalue weighted by Crippen LogP contribution is -2.43. The van der Waals surface area contributed by atoms with E-state index >= 15 is 0 Å². The van der Waals surface area contributed by atoms with Crippen LogP contribution in [0.1, 0.15) is 24.1 Å². The Hall–Kier alpha value is -1.85. The van der Waals surface area contributed by atoms with E-state index in [4.69, 9.17) is 4.74 Å². The van der Waals surface area contributed by atoms with Crippen molar-refractivity contribution in [1.29, 1.82) is 0 Å². The summed E-state index contributed by atoms with van der Waals surface area (Å²) < 4.78 is 5.26. The minimum absolute atomic E-state index is 0.658. The topological polar surface area (TPSA) is 44.4 Å². The molecule has 1 aromatic heterocycles. The van der Waals surface area contributed by atoms with Crippen molar-refractivity contribution in [1.82, 2.24) is 19.8 Å². The molecule has 0 saturated carbocycles. The summed E-state index contributed by atoms with van der Waals surface area (Å²) in [5, 5.41) is 0. The minimum Gasteiger partial charge on any atom is -0.497 e. The van der Waals surface area contributed by atoms with Crippen LogP contribution in [0, 0.1) is 5.92 Å². The van der Waals surface area contributed by atoms with Gasteiger partial charge in [0, 0.05) is 50.7 Å². The van der Waals surface area contributed by atoms with Gasteiger partial charge in [0.25, 0.3) is 0 Å². The fraction of sp³-hybridized carbons (Fsp3) is 0.526. The Morgan fingerprint density at radius 1 is 1.12 bits per heavy atom. The molecule has 1 aromatic carbocycles. The second-order valence-electron chi connectivity index (χ2n) is 7.15. The predicted octanol–water partition coefficient (Wildman–Crippen LogP) is 2.51. The van der Waals surface area contributed by atoms with Crippen LogP contribution in [0.2, 0.25) is 0 Å². The molecule has 3 aliphatic rings. The number of H-pyrrole nitrogens is 1. The fourth-order valence-electron chi connectivity index (χ4n) is 4.18. The molecule has 2 bridgehead atoms. The van der Waals surface area contributed by atoms with E-state index in [1.807, 2.05) is 6.20 Å². The number of nitrogens with one attached hydrogen (secondary N) is 1. The van der Waals surface area contributed by atoms with Crippen molar-refractivity contribution in [2.45, 2.75) is 32.0 Å². The van der Waals surface area contributed by atoms with Crippen LogP contribution in [-0.4, -0.2) is 52.6 Å². The SMILES string of the molecule is COc1ccc(CN2C[C@H]3CC[C@@H](C2)N(Cc2cnc[nH]2)C3)cc1. The van der Waals surface area contributed by atoms with Crippen molar-refractivity contribution in [3.63, 3.8) is 0 Å². The van der Waals surface area contributed by atoms with Crippen molar-refractivity contribution in [3.05, 3.63) is 48.0 Å². The average molecular weight is 326 g/mol. The fourth-order valence-corrected chi connectivity index (χ4v) is 4.18. The predicted molar refractivity (Wildman–Crippen MR) is 93.8 cm³/mol. The molecule has 3 fully saturated rings. The van der Waals surface area contributed by atoms with E-state index < -0.39 is 0 Å². The third-order valence-corrected chi connectivity index (χ3v) is 5.40. The molecular formula is C19H26N4O. The molecule has 0 spiro atoms. The smallest absolute Gasteiger partial charge is 0.118 e. The number of ether oxygens (including phenoxy) is 1. The molecule has 0 radical (unpaired) electrons. The number of aromatic nitrogens is 2. The van der Waals surface area contributed by atoms with Gasteiger partial charge in [0.15, 0.2) is 0 Å². The standard InChI is InChI=1S/C19H26N4O/c1-24-19-6-3-15(4-7-19)9-22-10-16-2-5-18(13-22)23(11-16)12-17-8-20-14-21-17/h3-4,6-8,14,16,18H,2,5,9-13H2,1H3,(H,20,21)/t16-,18+/m1/s1. The monoisotopic (exact) mass is 326 g/mol. The van der Waals surface area contributed by atoms with Crippen LogP contribution in [0.3, 0.4) is 0 Å². The summed E-state index contributed by atoms with van der Waals surface area (Å²) in [6, 6.07) is 9.16. The Bertz CT molecular complexity index is 640. The van der Waals surface area contributed by atoms with Gasteiger partial charge in [-0.15, -0.1) is 0 Å². The molecule has 24 heavy (non-hydrogen) atoms. The Labute approximate surface area is 143 Å². The number of benzene rings is 1. The molecule has 1 N–H and O–H groups in total. The van der Waals surface area contributed by atoms with Crippen molar-refractivity contribution in [2.75, 3.05) is 26.7 Å². The van der Waals surface area contributed by atoms with Crippen LogP contribution < -0.4 is 4.74 Å². The zero-order chi connectivity index (χ0) is 16.4. The van der Waals surface area contributed by atoms with Gasteiger partial charge in [-0.1, -0.05) is 12.1 Å². The number of piperidine rings is 1. The molecule has 5 rings (SSSR count). The quantitative estimate of drug-likeness (QED) is 0.917. The van der Waals surface area contributed by atoms with Crippen LogP contribution in [0.5, 0.6) is 5.75 Å². The first-order valence-corrected chi connectivity index (χ1v) is 8.87. The average Bonchev–Trinajstić information content (AvgIpc) is 2.96. The third kappa shape index (κ3) is 3.47. The number of hydrogen-bond donors (Lipinski definition) is 1. The number of rotatable bonds is 5. The van der Waals surface area contributed by atoms with E-state index in [1.54, 1.807) is 13.4 Å². The molecule has 0 amide bonds. The van der Waals surface area contributed by atoms with Gasteiger partial charge in [-0.3, -0.25) is 9.80 Å². The summed E-state index contributed by atoms with van der Waals surface area (Å²) >= 11 is 0. The van der Waals surface area contributed by atoms with Gasteiger partial charge < -0.3 is 9.72 Å². The third-order valence-electron chi connectivity index (χ3n) is 5.40. The second-order valence-corrected chi connectivity index (χ2v) is 7.15. The number of methoxy groups -OCH3 is 1. The lowest BCUT2D eigenvalue weighted by molar-refractivity contribution is 0.122. The lowest BCUT2D eigenvalue weighted by atomic mass is 9.95. The van der Waals surface area contributed by atoms with E-state index in [1.165, 1.54) is 37.2 Å². The highest BCUT2D eigenvalue weighted by Gasteiger charge is 2.34. The molecule has 4 heterocycles. The maximum atomic E-state index is 5.26. The summed E-state index contributed by atoms with van der Waals surface area (Å²) in [5.74, 6) is 1.71. The number of nitrogens with zero attached hydrogens (tertiary/aromatic N) is 3. The number of hydrogen-bond acceptors (Lipinski definition) is 4. The molecular weight excluding hydrogens is 300 g/mol. The van der Waals surface area contributed by atoms with Crippen LogP contribution >= 0.6 is 0 Å². The van der Waals surface area contributed by atoms with E-state index in [2.05, 4.69) is 44.0 Å². The van der Waals surface area contributed by atoms with Crippen LogP contribution in [0.25, 0.3) is 0 Å². The number of fused-ring (bicyclic) bond motifs is 4. The highest BCUT2D eigenvalue weighted by atomic mass is 16.5. The Balaban J connectivity index is 1.41. The van der Waals surface area contributed by atoms with Gasteiger partial charge in [0.2, 0.25) is 0 Å². The van der Waals surface area contributed by atoms with Gasteiger partial charge in [0.1, 0.15) is 5.75 Å². The molecule has 2 aromatic rings. The first-order valence-electron chi connectivity index (χ1n) is 8.87. The summed E-state index contributed by atoms with van der Waals surface area (Å²) in [6.07, 6.45) is 6.41. The second kappa shape index (κ2) is 6.95. The van der Waals surface area contributed by atoms with Crippen molar-refractivity contribution in [3.8, 4) is 5.75 Å². The number of aromatic amines is 1. The maximum Gasteiger partial charge on any atom is 0.118 e. The van der Waals surface area contributed by atoms with Gasteiger partial charge in [-0.2, -0.15) is 0 Å². The van der Waals surface area contributed by atoms with Gasteiger partial charge in [0.05, 0.1) is 13.4 Å². The Morgan fingerprint density at radius 2 is 2.00 bits per heavy atom. The Kier molecular flexibility index (Phi) is 4.54. The molecule has 5 heteroatoms. The summed E-state index contributed by atoms with van der Waals surface area (Å²) in [4.78, 5) is 12.7. The zero-order valence-corrected chi connectivity index (χ0v) is 14.3. The highest BCUT2D eigenvalue weighted by Crippen LogP contribution is 2.29. The molecule has 3 aliphatic heterocycles. The molecule has 3 saturated heterocycles. The molecule has 0 unspecified atom stereocenters.